The Morgan fingerprint density at radius 2 is 2.24 bits per heavy atom. The summed E-state index contributed by atoms with van der Waals surface area (Å²) in [5, 5.41) is 27.1. The van der Waals surface area contributed by atoms with Gasteiger partial charge in [-0.05, 0) is 6.92 Å². The maximum absolute atomic E-state index is 11.8. The fraction of sp³-hybridized carbons (Fsp3) is 0.400. The third kappa shape index (κ3) is 3.99. The van der Waals surface area contributed by atoms with Crippen molar-refractivity contribution in [2.45, 2.75) is 25.4 Å². The van der Waals surface area contributed by atoms with Gasteiger partial charge in [0.2, 0.25) is 0 Å². The molecule has 0 saturated carbocycles. The SMILES string of the molecule is CC(NC(=O)NC(Cc1cnc[nH]1)C(=O)O)c1nn[nH]n1. The van der Waals surface area contributed by atoms with Crippen LogP contribution in [0.3, 0.4) is 0 Å². The molecule has 2 aromatic heterocycles. The first-order valence-electron chi connectivity index (χ1n) is 6.06. The standard InChI is InChI=1S/C10H14N8O3/c1-5(8-15-17-18-16-8)13-10(21)14-7(9(19)20)2-6-3-11-4-12-6/h3-5,7H,2H2,1H3,(H,11,12)(H,19,20)(H2,13,14,21)(H,15,16,17,18). The fourth-order valence-corrected chi connectivity index (χ4v) is 1.63. The topological polar surface area (TPSA) is 162 Å². The summed E-state index contributed by atoms with van der Waals surface area (Å²) in [6.07, 6.45) is 3.03. The van der Waals surface area contributed by atoms with Crippen LogP contribution in [0.15, 0.2) is 12.5 Å². The molecule has 0 fully saturated rings. The number of carboxylic acid groups (broad SMARTS) is 1. The highest BCUT2D eigenvalue weighted by atomic mass is 16.4. The van der Waals surface area contributed by atoms with Crippen molar-refractivity contribution in [3.8, 4) is 0 Å². The minimum absolute atomic E-state index is 0.0966. The number of carbonyl (C=O) groups excluding carboxylic acids is 1. The van der Waals surface area contributed by atoms with Crippen LogP contribution in [0.4, 0.5) is 4.79 Å². The second kappa shape index (κ2) is 6.45. The van der Waals surface area contributed by atoms with Gasteiger partial charge in [0, 0.05) is 18.3 Å². The van der Waals surface area contributed by atoms with Crippen LogP contribution in [0.2, 0.25) is 0 Å². The summed E-state index contributed by atoms with van der Waals surface area (Å²) in [5.74, 6) is -0.849. The molecule has 0 spiro atoms. The predicted octanol–water partition coefficient (Wildman–Crippen LogP) is -1.02. The van der Waals surface area contributed by atoms with Gasteiger partial charge in [-0.15, -0.1) is 10.2 Å². The summed E-state index contributed by atoms with van der Waals surface area (Å²) < 4.78 is 0. The molecule has 112 valence electrons. The van der Waals surface area contributed by atoms with Crippen molar-refractivity contribution >= 4 is 12.0 Å². The predicted molar refractivity (Wildman–Crippen MR) is 68.0 cm³/mol. The maximum atomic E-state index is 11.8. The molecule has 0 aromatic carbocycles. The Balaban J connectivity index is 1.90. The van der Waals surface area contributed by atoms with E-state index in [-0.39, 0.29) is 6.42 Å². The number of amides is 2. The largest absolute Gasteiger partial charge is 0.480 e. The fourth-order valence-electron chi connectivity index (χ4n) is 1.63. The van der Waals surface area contributed by atoms with E-state index >= 15 is 0 Å². The van der Waals surface area contributed by atoms with Gasteiger partial charge in [0.25, 0.3) is 0 Å². The van der Waals surface area contributed by atoms with Gasteiger partial charge < -0.3 is 20.7 Å². The molecule has 21 heavy (non-hydrogen) atoms. The van der Waals surface area contributed by atoms with Crippen LogP contribution in [0.25, 0.3) is 0 Å². The van der Waals surface area contributed by atoms with E-state index in [4.69, 9.17) is 5.11 Å². The van der Waals surface area contributed by atoms with Crippen LogP contribution in [0.5, 0.6) is 0 Å². The van der Waals surface area contributed by atoms with Crippen LogP contribution in [0, 0.1) is 0 Å². The molecular formula is C10H14N8O3. The molecule has 0 aliphatic heterocycles. The van der Waals surface area contributed by atoms with E-state index in [0.29, 0.717) is 11.5 Å². The molecule has 2 unspecified atom stereocenters. The quantitative estimate of drug-likeness (QED) is 0.455. The molecule has 2 rings (SSSR count). The molecule has 2 amide bonds. The third-order valence-corrected chi connectivity index (χ3v) is 2.68. The first kappa shape index (κ1) is 14.4. The van der Waals surface area contributed by atoms with Crippen LogP contribution >= 0.6 is 0 Å². The van der Waals surface area contributed by atoms with E-state index in [9.17, 15) is 9.59 Å². The van der Waals surface area contributed by atoms with Gasteiger partial charge in [-0.2, -0.15) is 5.21 Å². The van der Waals surface area contributed by atoms with Crippen LogP contribution in [0.1, 0.15) is 24.5 Å². The van der Waals surface area contributed by atoms with Crippen molar-refractivity contribution < 1.29 is 14.7 Å². The maximum Gasteiger partial charge on any atom is 0.326 e. The second-order valence-corrected chi connectivity index (χ2v) is 4.28. The van der Waals surface area contributed by atoms with Crippen molar-refractivity contribution in [1.29, 1.82) is 0 Å². The molecule has 2 aromatic rings. The zero-order chi connectivity index (χ0) is 15.2. The van der Waals surface area contributed by atoms with Crippen molar-refractivity contribution in [1.82, 2.24) is 41.2 Å². The van der Waals surface area contributed by atoms with E-state index in [0.717, 1.165) is 0 Å². The number of nitrogens with one attached hydrogen (secondary N) is 4. The Hall–Kier alpha value is -2.98. The molecule has 11 nitrogen and oxygen atoms in total. The van der Waals surface area contributed by atoms with Crippen LogP contribution in [-0.4, -0.2) is 53.7 Å². The lowest BCUT2D eigenvalue weighted by Gasteiger charge is -2.16. The molecule has 0 bridgehead atoms. The molecule has 5 N–H and O–H groups in total. The van der Waals surface area contributed by atoms with Crippen molar-refractivity contribution in [2.24, 2.45) is 0 Å². The molecule has 0 aliphatic carbocycles. The van der Waals surface area contributed by atoms with E-state index in [1.165, 1.54) is 12.5 Å². The summed E-state index contributed by atoms with van der Waals surface area (Å²) in [4.78, 5) is 29.5. The van der Waals surface area contributed by atoms with Crippen molar-refractivity contribution in [3.63, 3.8) is 0 Å². The van der Waals surface area contributed by atoms with Gasteiger partial charge in [0.05, 0.1) is 12.4 Å². The van der Waals surface area contributed by atoms with Gasteiger partial charge >= 0.3 is 12.0 Å². The number of hydrogen-bond acceptors (Lipinski definition) is 6. The Morgan fingerprint density at radius 1 is 1.43 bits per heavy atom. The second-order valence-electron chi connectivity index (χ2n) is 4.28. The smallest absolute Gasteiger partial charge is 0.326 e. The van der Waals surface area contributed by atoms with Crippen molar-refractivity contribution in [2.75, 3.05) is 0 Å². The summed E-state index contributed by atoms with van der Waals surface area (Å²) in [7, 11) is 0. The molecule has 2 heterocycles. The minimum atomic E-state index is -1.15. The average Bonchev–Trinajstić information content (AvgIpc) is 3.10. The first-order valence-corrected chi connectivity index (χ1v) is 6.06. The number of aliphatic carboxylic acids is 1. The zero-order valence-electron chi connectivity index (χ0n) is 11.1. The zero-order valence-corrected chi connectivity index (χ0v) is 11.1. The summed E-state index contributed by atoms with van der Waals surface area (Å²) in [6.45, 7) is 1.65. The number of carboxylic acids is 1. The number of hydrogen-bond donors (Lipinski definition) is 5. The third-order valence-electron chi connectivity index (χ3n) is 2.68. The highest BCUT2D eigenvalue weighted by molar-refractivity contribution is 5.82. The number of tetrazole rings is 1. The number of nitrogens with zero attached hydrogens (tertiary/aromatic N) is 4. The number of rotatable bonds is 6. The lowest BCUT2D eigenvalue weighted by Crippen LogP contribution is -2.47. The summed E-state index contributed by atoms with van der Waals surface area (Å²) in [5.41, 5.74) is 0.605. The molecule has 11 heteroatoms. The van der Waals surface area contributed by atoms with E-state index < -0.39 is 24.1 Å². The molecule has 0 saturated heterocycles. The average molecular weight is 294 g/mol. The van der Waals surface area contributed by atoms with Gasteiger partial charge in [0.15, 0.2) is 5.82 Å². The Labute approximate surface area is 118 Å². The monoisotopic (exact) mass is 294 g/mol. The number of imidazole rings is 1. The summed E-state index contributed by atoms with van der Waals surface area (Å²) in [6, 6.07) is -2.23. The minimum Gasteiger partial charge on any atom is -0.480 e. The van der Waals surface area contributed by atoms with Gasteiger partial charge in [-0.25, -0.2) is 14.6 Å². The number of aromatic nitrogens is 6. The lowest BCUT2D eigenvalue weighted by molar-refractivity contribution is -0.139. The molecule has 2 atom stereocenters. The van der Waals surface area contributed by atoms with Gasteiger partial charge in [-0.3, -0.25) is 0 Å². The number of H-pyrrole nitrogens is 2. The molecule has 0 radical (unpaired) electrons. The first-order chi connectivity index (χ1) is 10.1. The van der Waals surface area contributed by atoms with Gasteiger partial charge in [0.1, 0.15) is 6.04 Å². The lowest BCUT2D eigenvalue weighted by atomic mass is 10.1. The highest BCUT2D eigenvalue weighted by Gasteiger charge is 2.22. The van der Waals surface area contributed by atoms with E-state index in [1.54, 1.807) is 6.92 Å². The van der Waals surface area contributed by atoms with E-state index in [1.807, 2.05) is 0 Å². The number of carbonyl (C=O) groups is 2. The Morgan fingerprint density at radius 3 is 2.81 bits per heavy atom. The molecular weight excluding hydrogens is 280 g/mol. The number of aromatic amines is 2. The van der Waals surface area contributed by atoms with Crippen LogP contribution < -0.4 is 10.6 Å². The normalized spacial score (nSPS) is 13.4. The van der Waals surface area contributed by atoms with Gasteiger partial charge in [-0.1, -0.05) is 5.21 Å². The Kier molecular flexibility index (Phi) is 4.43. The van der Waals surface area contributed by atoms with Crippen LogP contribution in [-0.2, 0) is 11.2 Å². The molecule has 0 aliphatic rings. The summed E-state index contributed by atoms with van der Waals surface area (Å²) >= 11 is 0. The highest BCUT2D eigenvalue weighted by Crippen LogP contribution is 2.03. The Bertz CT molecular complexity index is 581. The van der Waals surface area contributed by atoms with Crippen molar-refractivity contribution in [3.05, 3.63) is 24.0 Å². The van der Waals surface area contributed by atoms with E-state index in [2.05, 4.69) is 41.2 Å². The number of urea groups is 1.